The molecule has 0 aliphatic rings. The van der Waals surface area contributed by atoms with E-state index in [9.17, 15) is 9.59 Å². The van der Waals surface area contributed by atoms with Crippen molar-refractivity contribution in [3.05, 3.63) is 29.3 Å². The van der Waals surface area contributed by atoms with Crippen molar-refractivity contribution >= 4 is 11.9 Å². The van der Waals surface area contributed by atoms with Crippen LogP contribution in [0.2, 0.25) is 0 Å². The van der Waals surface area contributed by atoms with Crippen molar-refractivity contribution in [3.8, 4) is 5.75 Å². The molecule has 0 saturated heterocycles. The maximum atomic E-state index is 11.9. The van der Waals surface area contributed by atoms with Gasteiger partial charge in [0.1, 0.15) is 5.75 Å². The number of carbonyl (C=O) groups excluding carboxylic acids is 1. The Bertz CT molecular complexity index is 485. The molecule has 110 valence electrons. The van der Waals surface area contributed by atoms with E-state index in [1.165, 1.54) is 0 Å². The van der Waals surface area contributed by atoms with E-state index in [1.807, 2.05) is 32.0 Å². The van der Waals surface area contributed by atoms with Crippen molar-refractivity contribution in [3.63, 3.8) is 0 Å². The first-order valence-corrected chi connectivity index (χ1v) is 6.61. The number of carboxylic acids is 1. The normalized spacial score (nSPS) is 11.8. The lowest BCUT2D eigenvalue weighted by Crippen LogP contribution is -2.36. The van der Waals surface area contributed by atoms with Crippen LogP contribution >= 0.6 is 0 Å². The standard InChI is InChI=1S/C15H21NO4/c1-4-12(9-15(18)19)16-14(17)8-11-6-5-10(2)13(7-11)20-3/h5-7,12H,4,8-9H2,1-3H3,(H,16,17)(H,18,19). The molecule has 0 heterocycles. The highest BCUT2D eigenvalue weighted by molar-refractivity contribution is 5.79. The molecule has 0 fully saturated rings. The number of hydrogen-bond donors (Lipinski definition) is 2. The summed E-state index contributed by atoms with van der Waals surface area (Å²) in [5.74, 6) is -0.342. The van der Waals surface area contributed by atoms with Crippen LogP contribution in [0.15, 0.2) is 18.2 Å². The van der Waals surface area contributed by atoms with Crippen molar-refractivity contribution in [2.24, 2.45) is 0 Å². The van der Waals surface area contributed by atoms with Crippen LogP contribution in [0.25, 0.3) is 0 Å². The number of aryl methyl sites for hydroxylation is 1. The summed E-state index contributed by atoms with van der Waals surface area (Å²) in [6.45, 7) is 3.78. The van der Waals surface area contributed by atoms with Gasteiger partial charge < -0.3 is 15.2 Å². The summed E-state index contributed by atoms with van der Waals surface area (Å²) >= 11 is 0. The molecule has 2 N–H and O–H groups in total. The average Bonchev–Trinajstić information content (AvgIpc) is 2.39. The van der Waals surface area contributed by atoms with Gasteiger partial charge >= 0.3 is 5.97 Å². The van der Waals surface area contributed by atoms with Gasteiger partial charge in [-0.15, -0.1) is 0 Å². The minimum Gasteiger partial charge on any atom is -0.496 e. The molecule has 0 bridgehead atoms. The quantitative estimate of drug-likeness (QED) is 0.799. The predicted octanol–water partition coefficient (Wildman–Crippen LogP) is 1.92. The van der Waals surface area contributed by atoms with E-state index in [0.717, 1.165) is 16.9 Å². The lowest BCUT2D eigenvalue weighted by atomic mass is 10.1. The Kier molecular flexibility index (Phi) is 6.03. The van der Waals surface area contributed by atoms with Gasteiger partial charge in [-0.05, 0) is 30.5 Å². The fourth-order valence-electron chi connectivity index (χ4n) is 1.95. The molecule has 1 aromatic carbocycles. The Hall–Kier alpha value is -2.04. The largest absolute Gasteiger partial charge is 0.496 e. The van der Waals surface area contributed by atoms with Crippen LogP contribution in [0.5, 0.6) is 5.75 Å². The molecule has 20 heavy (non-hydrogen) atoms. The second-order valence-corrected chi connectivity index (χ2v) is 4.75. The van der Waals surface area contributed by atoms with Gasteiger partial charge in [0.05, 0.1) is 20.0 Å². The SMILES string of the molecule is CCC(CC(=O)O)NC(=O)Cc1ccc(C)c(OC)c1. The van der Waals surface area contributed by atoms with Crippen molar-refractivity contribution in [2.45, 2.75) is 39.2 Å². The first-order chi connectivity index (χ1) is 9.46. The van der Waals surface area contributed by atoms with Gasteiger partial charge in [-0.2, -0.15) is 0 Å². The monoisotopic (exact) mass is 279 g/mol. The third-order valence-corrected chi connectivity index (χ3v) is 3.12. The Morgan fingerprint density at radius 1 is 1.40 bits per heavy atom. The van der Waals surface area contributed by atoms with Crippen molar-refractivity contribution in [1.82, 2.24) is 5.32 Å². The third-order valence-electron chi connectivity index (χ3n) is 3.12. The molecule has 0 spiro atoms. The van der Waals surface area contributed by atoms with Crippen LogP contribution in [0.3, 0.4) is 0 Å². The number of amides is 1. The highest BCUT2D eigenvalue weighted by Crippen LogP contribution is 2.19. The molecule has 0 aliphatic heterocycles. The smallest absolute Gasteiger partial charge is 0.305 e. The van der Waals surface area contributed by atoms with Crippen LogP contribution in [0, 0.1) is 6.92 Å². The fourth-order valence-corrected chi connectivity index (χ4v) is 1.95. The van der Waals surface area contributed by atoms with Crippen LogP contribution in [0.4, 0.5) is 0 Å². The summed E-state index contributed by atoms with van der Waals surface area (Å²) < 4.78 is 5.21. The lowest BCUT2D eigenvalue weighted by Gasteiger charge is -2.15. The van der Waals surface area contributed by atoms with Crippen molar-refractivity contribution in [2.75, 3.05) is 7.11 Å². The summed E-state index contributed by atoms with van der Waals surface area (Å²) in [5.41, 5.74) is 1.85. The van der Waals surface area contributed by atoms with Gasteiger partial charge in [0.15, 0.2) is 0 Å². The van der Waals surface area contributed by atoms with Crippen molar-refractivity contribution < 1.29 is 19.4 Å². The van der Waals surface area contributed by atoms with E-state index in [1.54, 1.807) is 7.11 Å². The number of methoxy groups -OCH3 is 1. The zero-order chi connectivity index (χ0) is 15.1. The first kappa shape index (κ1) is 16.0. The predicted molar refractivity (Wildman–Crippen MR) is 75.9 cm³/mol. The van der Waals surface area contributed by atoms with Crippen LogP contribution in [-0.4, -0.2) is 30.1 Å². The summed E-state index contributed by atoms with van der Waals surface area (Å²) in [5, 5.41) is 11.5. The molecule has 0 saturated carbocycles. The summed E-state index contributed by atoms with van der Waals surface area (Å²) in [6, 6.07) is 5.27. The van der Waals surface area contributed by atoms with Crippen LogP contribution in [0.1, 0.15) is 30.9 Å². The number of aliphatic carboxylic acids is 1. The van der Waals surface area contributed by atoms with E-state index in [4.69, 9.17) is 9.84 Å². The Labute approximate surface area is 118 Å². The topological polar surface area (TPSA) is 75.6 Å². The Balaban J connectivity index is 2.63. The highest BCUT2D eigenvalue weighted by atomic mass is 16.5. The Morgan fingerprint density at radius 2 is 2.10 bits per heavy atom. The molecule has 1 unspecified atom stereocenters. The number of nitrogens with one attached hydrogen (secondary N) is 1. The van der Waals surface area contributed by atoms with E-state index < -0.39 is 5.97 Å². The molecule has 1 amide bonds. The van der Waals surface area contributed by atoms with Gasteiger partial charge in [-0.25, -0.2) is 0 Å². The molecule has 5 nitrogen and oxygen atoms in total. The maximum absolute atomic E-state index is 11.9. The molecule has 1 aromatic rings. The van der Waals surface area contributed by atoms with Gasteiger partial charge in [-0.3, -0.25) is 9.59 Å². The second-order valence-electron chi connectivity index (χ2n) is 4.75. The number of carboxylic acid groups (broad SMARTS) is 1. The summed E-state index contributed by atoms with van der Waals surface area (Å²) in [6.07, 6.45) is 0.751. The molecule has 1 rings (SSSR count). The third kappa shape index (κ3) is 4.91. The maximum Gasteiger partial charge on any atom is 0.305 e. The molecule has 0 radical (unpaired) electrons. The van der Waals surface area contributed by atoms with Gasteiger partial charge in [0, 0.05) is 6.04 Å². The number of carbonyl (C=O) groups is 2. The fraction of sp³-hybridized carbons (Fsp3) is 0.467. The van der Waals surface area contributed by atoms with Crippen LogP contribution in [-0.2, 0) is 16.0 Å². The highest BCUT2D eigenvalue weighted by Gasteiger charge is 2.14. The first-order valence-electron chi connectivity index (χ1n) is 6.61. The van der Waals surface area contributed by atoms with E-state index in [-0.39, 0.29) is 24.8 Å². The van der Waals surface area contributed by atoms with E-state index in [0.29, 0.717) is 6.42 Å². The number of hydrogen-bond acceptors (Lipinski definition) is 3. The van der Waals surface area contributed by atoms with Gasteiger partial charge in [-0.1, -0.05) is 19.1 Å². The van der Waals surface area contributed by atoms with Crippen LogP contribution < -0.4 is 10.1 Å². The zero-order valence-corrected chi connectivity index (χ0v) is 12.1. The van der Waals surface area contributed by atoms with Crippen molar-refractivity contribution in [1.29, 1.82) is 0 Å². The minimum atomic E-state index is -0.908. The zero-order valence-electron chi connectivity index (χ0n) is 12.1. The molecule has 0 aromatic heterocycles. The average molecular weight is 279 g/mol. The molecule has 0 aliphatic carbocycles. The lowest BCUT2D eigenvalue weighted by molar-refractivity contribution is -0.137. The van der Waals surface area contributed by atoms with E-state index >= 15 is 0 Å². The molecule has 1 atom stereocenters. The number of ether oxygens (including phenoxy) is 1. The number of rotatable bonds is 7. The summed E-state index contributed by atoms with van der Waals surface area (Å²) in [4.78, 5) is 22.6. The van der Waals surface area contributed by atoms with E-state index in [2.05, 4.69) is 5.32 Å². The summed E-state index contributed by atoms with van der Waals surface area (Å²) in [7, 11) is 1.59. The van der Waals surface area contributed by atoms with Gasteiger partial charge in [0.2, 0.25) is 5.91 Å². The molecule has 5 heteroatoms. The van der Waals surface area contributed by atoms with Gasteiger partial charge in [0.25, 0.3) is 0 Å². The number of benzene rings is 1. The molecular formula is C15H21NO4. The molecular weight excluding hydrogens is 258 g/mol. The minimum absolute atomic E-state index is 0.0561. The second kappa shape index (κ2) is 7.53. The Morgan fingerprint density at radius 3 is 2.65 bits per heavy atom.